The molecule has 16 heavy (non-hydrogen) atoms. The first-order valence-corrected chi connectivity index (χ1v) is 5.17. The summed E-state index contributed by atoms with van der Waals surface area (Å²) in [6, 6.07) is 1.82. The van der Waals surface area contributed by atoms with Crippen molar-refractivity contribution in [2.24, 2.45) is 12.8 Å². The molecule has 2 aromatic rings. The Morgan fingerprint density at radius 1 is 1.44 bits per heavy atom. The second-order valence-electron chi connectivity index (χ2n) is 3.98. The lowest BCUT2D eigenvalue weighted by Gasteiger charge is -2.08. The molecule has 0 radical (unpaired) electrons. The van der Waals surface area contributed by atoms with Crippen LogP contribution in [0, 0.1) is 0 Å². The molecule has 0 fully saturated rings. The maximum atomic E-state index is 5.77. The molecular weight excluding hydrogens is 206 g/mol. The third-order valence-electron chi connectivity index (χ3n) is 2.56. The summed E-state index contributed by atoms with van der Waals surface area (Å²) in [4.78, 5) is 4.28. The van der Waals surface area contributed by atoms with Gasteiger partial charge in [0.15, 0.2) is 0 Å². The van der Waals surface area contributed by atoms with Gasteiger partial charge in [-0.25, -0.2) is 0 Å². The summed E-state index contributed by atoms with van der Waals surface area (Å²) < 4.78 is 6.86. The van der Waals surface area contributed by atoms with Crippen molar-refractivity contribution in [3.8, 4) is 11.5 Å². The van der Waals surface area contributed by atoms with Gasteiger partial charge in [0.1, 0.15) is 5.69 Å². The zero-order valence-electron chi connectivity index (χ0n) is 9.58. The van der Waals surface area contributed by atoms with Crippen molar-refractivity contribution in [1.29, 1.82) is 0 Å². The van der Waals surface area contributed by atoms with E-state index in [1.807, 2.05) is 33.2 Å². The van der Waals surface area contributed by atoms with E-state index in [0.29, 0.717) is 17.4 Å². The first-order valence-electron chi connectivity index (χ1n) is 5.17. The van der Waals surface area contributed by atoms with E-state index >= 15 is 0 Å². The third kappa shape index (κ3) is 1.96. The van der Waals surface area contributed by atoms with Gasteiger partial charge < -0.3 is 10.3 Å². The number of nitrogens with zero attached hydrogens (tertiary/aromatic N) is 4. The molecule has 2 unspecified atom stereocenters. The Bertz CT molecular complexity index is 473. The van der Waals surface area contributed by atoms with Crippen molar-refractivity contribution in [1.82, 2.24) is 19.9 Å². The minimum absolute atomic E-state index is 0.0166. The fourth-order valence-electron chi connectivity index (χ4n) is 1.28. The van der Waals surface area contributed by atoms with Crippen LogP contribution in [0.4, 0.5) is 0 Å². The van der Waals surface area contributed by atoms with Crippen LogP contribution in [0.2, 0.25) is 0 Å². The van der Waals surface area contributed by atoms with Crippen LogP contribution in [0.25, 0.3) is 11.5 Å². The van der Waals surface area contributed by atoms with Gasteiger partial charge in [-0.15, -0.1) is 0 Å². The van der Waals surface area contributed by atoms with Crippen LogP contribution >= 0.6 is 0 Å². The highest BCUT2D eigenvalue weighted by Gasteiger charge is 2.19. The third-order valence-corrected chi connectivity index (χ3v) is 2.56. The Labute approximate surface area is 93.4 Å². The number of hydrogen-bond acceptors (Lipinski definition) is 5. The molecule has 0 amide bonds. The van der Waals surface area contributed by atoms with Crippen molar-refractivity contribution in [3.05, 3.63) is 18.2 Å². The summed E-state index contributed by atoms with van der Waals surface area (Å²) >= 11 is 0. The lowest BCUT2D eigenvalue weighted by Crippen LogP contribution is -2.22. The standard InChI is InChI=1S/C10H15N5O/c1-6(7(2)11)10-12-9(14-16-10)8-4-5-15(3)13-8/h4-7H,11H2,1-3H3. The molecule has 2 aromatic heterocycles. The van der Waals surface area contributed by atoms with Gasteiger partial charge in [-0.2, -0.15) is 10.1 Å². The molecule has 0 aliphatic carbocycles. The van der Waals surface area contributed by atoms with Crippen LogP contribution in [-0.2, 0) is 7.05 Å². The van der Waals surface area contributed by atoms with E-state index in [1.165, 1.54) is 0 Å². The lowest BCUT2D eigenvalue weighted by atomic mass is 10.1. The van der Waals surface area contributed by atoms with E-state index in [-0.39, 0.29) is 12.0 Å². The molecule has 0 spiro atoms. The maximum absolute atomic E-state index is 5.77. The molecule has 2 rings (SSSR count). The molecule has 2 heterocycles. The van der Waals surface area contributed by atoms with E-state index in [2.05, 4.69) is 15.2 Å². The van der Waals surface area contributed by atoms with Crippen LogP contribution in [0.1, 0.15) is 25.7 Å². The zero-order valence-corrected chi connectivity index (χ0v) is 9.58. The topological polar surface area (TPSA) is 82.8 Å². The maximum Gasteiger partial charge on any atom is 0.231 e. The van der Waals surface area contributed by atoms with Gasteiger partial charge in [0.05, 0.1) is 5.92 Å². The van der Waals surface area contributed by atoms with Gasteiger partial charge in [0.25, 0.3) is 0 Å². The molecule has 2 atom stereocenters. The second-order valence-corrected chi connectivity index (χ2v) is 3.98. The van der Waals surface area contributed by atoms with Crippen molar-refractivity contribution >= 4 is 0 Å². The molecule has 2 N–H and O–H groups in total. The zero-order chi connectivity index (χ0) is 11.7. The second kappa shape index (κ2) is 4.05. The van der Waals surface area contributed by atoms with Crippen LogP contribution < -0.4 is 5.73 Å². The Morgan fingerprint density at radius 2 is 2.19 bits per heavy atom. The van der Waals surface area contributed by atoms with Gasteiger partial charge in [-0.05, 0) is 13.0 Å². The SMILES string of the molecule is CC(N)C(C)c1nc(-c2ccn(C)n2)no1. The molecule has 0 aliphatic heterocycles. The largest absolute Gasteiger partial charge is 0.339 e. The van der Waals surface area contributed by atoms with E-state index in [9.17, 15) is 0 Å². The van der Waals surface area contributed by atoms with Crippen LogP contribution in [-0.4, -0.2) is 26.0 Å². The monoisotopic (exact) mass is 221 g/mol. The number of hydrogen-bond donors (Lipinski definition) is 1. The lowest BCUT2D eigenvalue weighted by molar-refractivity contribution is 0.346. The summed E-state index contributed by atoms with van der Waals surface area (Å²) in [5.74, 6) is 1.10. The van der Waals surface area contributed by atoms with Crippen LogP contribution in [0.5, 0.6) is 0 Å². The molecule has 0 aliphatic rings. The summed E-state index contributed by atoms with van der Waals surface area (Å²) in [5.41, 5.74) is 6.48. The predicted molar refractivity (Wildman–Crippen MR) is 58.6 cm³/mol. The minimum Gasteiger partial charge on any atom is -0.339 e. The Balaban J connectivity index is 2.26. The van der Waals surface area contributed by atoms with Crippen molar-refractivity contribution in [2.75, 3.05) is 0 Å². The molecule has 0 saturated heterocycles. The summed E-state index contributed by atoms with van der Waals surface area (Å²) in [6.45, 7) is 3.87. The first kappa shape index (κ1) is 10.8. The molecule has 86 valence electrons. The highest BCUT2D eigenvalue weighted by atomic mass is 16.5. The average Bonchev–Trinajstić information content (AvgIpc) is 2.84. The van der Waals surface area contributed by atoms with Crippen molar-refractivity contribution in [2.45, 2.75) is 25.8 Å². The van der Waals surface area contributed by atoms with E-state index in [1.54, 1.807) is 4.68 Å². The molecule has 6 nitrogen and oxygen atoms in total. The average molecular weight is 221 g/mol. The van der Waals surface area contributed by atoms with Crippen molar-refractivity contribution < 1.29 is 4.52 Å². The predicted octanol–water partition coefficient (Wildman–Crippen LogP) is 0.921. The Hall–Kier alpha value is -1.69. The van der Waals surface area contributed by atoms with Gasteiger partial charge in [-0.3, -0.25) is 4.68 Å². The highest BCUT2D eigenvalue weighted by molar-refractivity contribution is 5.46. The van der Waals surface area contributed by atoms with Gasteiger partial charge in [0, 0.05) is 19.3 Å². The number of nitrogens with two attached hydrogens (primary N) is 1. The van der Waals surface area contributed by atoms with E-state index in [0.717, 1.165) is 0 Å². The van der Waals surface area contributed by atoms with Crippen LogP contribution in [0.3, 0.4) is 0 Å². The molecular formula is C10H15N5O. The Kier molecular flexibility index (Phi) is 2.74. The highest BCUT2D eigenvalue weighted by Crippen LogP contribution is 2.19. The van der Waals surface area contributed by atoms with Gasteiger partial charge in [-0.1, -0.05) is 12.1 Å². The minimum atomic E-state index is -0.0166. The van der Waals surface area contributed by atoms with E-state index < -0.39 is 0 Å². The molecule has 0 bridgehead atoms. The first-order chi connectivity index (χ1) is 7.58. The number of aromatic nitrogens is 4. The summed E-state index contributed by atoms with van der Waals surface area (Å²) in [5, 5.41) is 8.08. The quantitative estimate of drug-likeness (QED) is 0.833. The number of aryl methyl sites for hydroxylation is 1. The molecule has 0 saturated carbocycles. The molecule has 0 aromatic carbocycles. The summed E-state index contributed by atoms with van der Waals surface area (Å²) in [6.07, 6.45) is 1.83. The fraction of sp³-hybridized carbons (Fsp3) is 0.500. The van der Waals surface area contributed by atoms with Gasteiger partial charge >= 0.3 is 0 Å². The fourth-order valence-corrected chi connectivity index (χ4v) is 1.28. The normalized spacial score (nSPS) is 15.0. The Morgan fingerprint density at radius 3 is 2.75 bits per heavy atom. The van der Waals surface area contributed by atoms with Gasteiger partial charge in [0.2, 0.25) is 11.7 Å². The van der Waals surface area contributed by atoms with Crippen LogP contribution in [0.15, 0.2) is 16.8 Å². The number of rotatable bonds is 3. The molecule has 6 heteroatoms. The van der Waals surface area contributed by atoms with Crippen molar-refractivity contribution in [3.63, 3.8) is 0 Å². The smallest absolute Gasteiger partial charge is 0.231 e. The van der Waals surface area contributed by atoms with E-state index in [4.69, 9.17) is 10.3 Å². The summed E-state index contributed by atoms with van der Waals surface area (Å²) in [7, 11) is 1.84.